The summed E-state index contributed by atoms with van der Waals surface area (Å²) in [4.78, 5) is 24.2. The molecule has 1 aliphatic heterocycles. The number of hydrogen-bond donors (Lipinski definition) is 2. The van der Waals surface area contributed by atoms with Gasteiger partial charge in [-0.1, -0.05) is 18.2 Å². The molecule has 0 saturated carbocycles. The van der Waals surface area contributed by atoms with E-state index in [0.717, 1.165) is 0 Å². The molecule has 1 saturated heterocycles. The lowest BCUT2D eigenvalue weighted by Crippen LogP contribution is -2.50. The van der Waals surface area contributed by atoms with Crippen LogP contribution in [-0.2, 0) is 14.2 Å². The van der Waals surface area contributed by atoms with Gasteiger partial charge in [0.2, 0.25) is 0 Å². The van der Waals surface area contributed by atoms with Gasteiger partial charge in [-0.15, -0.1) is 0 Å². The van der Waals surface area contributed by atoms with Crippen molar-refractivity contribution < 1.29 is 38.7 Å². The zero-order valence-electron chi connectivity index (χ0n) is 15.8. The van der Waals surface area contributed by atoms with Gasteiger partial charge < -0.3 is 29.2 Å². The van der Waals surface area contributed by atoms with E-state index in [-0.39, 0.29) is 13.0 Å². The van der Waals surface area contributed by atoms with E-state index in [0.29, 0.717) is 16.9 Å². The second-order valence-corrected chi connectivity index (χ2v) is 6.50. The fraction of sp³-hybridized carbons (Fsp3) is 0.333. The van der Waals surface area contributed by atoms with E-state index in [1.165, 1.54) is 7.11 Å². The molecule has 2 aromatic carbocycles. The Morgan fingerprint density at radius 1 is 1.00 bits per heavy atom. The maximum Gasteiger partial charge on any atom is 0.338 e. The zero-order valence-corrected chi connectivity index (χ0v) is 15.8. The van der Waals surface area contributed by atoms with Crippen molar-refractivity contribution in [3.63, 3.8) is 0 Å². The van der Waals surface area contributed by atoms with Crippen LogP contribution in [0, 0.1) is 0 Å². The van der Waals surface area contributed by atoms with Gasteiger partial charge in [0.1, 0.15) is 18.5 Å². The van der Waals surface area contributed by atoms with Crippen molar-refractivity contribution in [1.29, 1.82) is 0 Å². The molecule has 0 unspecified atom stereocenters. The van der Waals surface area contributed by atoms with Gasteiger partial charge in [-0.3, -0.25) is 0 Å². The fourth-order valence-corrected chi connectivity index (χ4v) is 2.87. The second-order valence-electron chi connectivity index (χ2n) is 6.50. The van der Waals surface area contributed by atoms with Crippen LogP contribution in [0.5, 0.6) is 5.75 Å². The van der Waals surface area contributed by atoms with Crippen molar-refractivity contribution in [2.24, 2.45) is 0 Å². The van der Waals surface area contributed by atoms with Crippen molar-refractivity contribution in [3.05, 3.63) is 65.7 Å². The summed E-state index contributed by atoms with van der Waals surface area (Å²) in [6.07, 6.45) is -4.57. The molecule has 8 nitrogen and oxygen atoms in total. The highest BCUT2D eigenvalue weighted by molar-refractivity contribution is 5.90. The molecule has 0 aliphatic carbocycles. The first-order valence-electron chi connectivity index (χ1n) is 9.06. The smallest absolute Gasteiger partial charge is 0.338 e. The van der Waals surface area contributed by atoms with E-state index in [1.807, 2.05) is 0 Å². The molecule has 2 N–H and O–H groups in total. The molecule has 8 heteroatoms. The molecule has 0 aromatic heterocycles. The van der Waals surface area contributed by atoms with E-state index >= 15 is 0 Å². The molecule has 29 heavy (non-hydrogen) atoms. The quantitative estimate of drug-likeness (QED) is 0.700. The molecular weight excluding hydrogens is 380 g/mol. The highest BCUT2D eigenvalue weighted by Gasteiger charge is 2.39. The largest absolute Gasteiger partial charge is 0.497 e. The van der Waals surface area contributed by atoms with Gasteiger partial charge >= 0.3 is 11.9 Å². The summed E-state index contributed by atoms with van der Waals surface area (Å²) in [5.74, 6) is -0.628. The summed E-state index contributed by atoms with van der Waals surface area (Å²) in [7, 11) is 1.52. The van der Waals surface area contributed by atoms with Gasteiger partial charge in [-0.25, -0.2) is 9.59 Å². The minimum Gasteiger partial charge on any atom is -0.497 e. The molecular formula is C21H22O8. The van der Waals surface area contributed by atoms with Crippen molar-refractivity contribution in [2.75, 3.05) is 13.7 Å². The molecule has 4 atom stereocenters. The number of methoxy groups -OCH3 is 1. The van der Waals surface area contributed by atoms with E-state index in [4.69, 9.17) is 18.9 Å². The number of carbonyl (C=O) groups is 2. The maximum atomic E-state index is 12.1. The highest BCUT2D eigenvalue weighted by atomic mass is 16.7. The van der Waals surface area contributed by atoms with Crippen LogP contribution in [0.3, 0.4) is 0 Å². The minimum atomic E-state index is -1.45. The third kappa shape index (κ3) is 5.32. The molecule has 154 valence electrons. The van der Waals surface area contributed by atoms with Gasteiger partial charge in [0, 0.05) is 6.42 Å². The SMILES string of the molecule is COc1ccc(C(=O)OC[C@H]2O[C@@H](O)[C@H](OC(=O)c3ccccc3)C[C@@H]2O)cc1. The summed E-state index contributed by atoms with van der Waals surface area (Å²) in [6, 6.07) is 14.6. The number of aliphatic hydroxyl groups excluding tert-OH is 2. The van der Waals surface area contributed by atoms with Crippen LogP contribution in [0.2, 0.25) is 0 Å². The molecule has 2 aromatic rings. The van der Waals surface area contributed by atoms with Gasteiger partial charge in [0.25, 0.3) is 0 Å². The van der Waals surface area contributed by atoms with E-state index < -0.39 is 36.5 Å². The predicted molar refractivity (Wildman–Crippen MR) is 100 cm³/mol. The Labute approximate surface area is 167 Å². The first kappa shape index (κ1) is 20.8. The van der Waals surface area contributed by atoms with Gasteiger partial charge in [0.15, 0.2) is 12.4 Å². The Hall–Kier alpha value is -2.94. The zero-order chi connectivity index (χ0) is 20.8. The van der Waals surface area contributed by atoms with Crippen molar-refractivity contribution in [2.45, 2.75) is 31.0 Å². The van der Waals surface area contributed by atoms with Crippen molar-refractivity contribution >= 4 is 11.9 Å². The maximum absolute atomic E-state index is 12.1. The third-order valence-corrected chi connectivity index (χ3v) is 4.51. The van der Waals surface area contributed by atoms with Crippen LogP contribution >= 0.6 is 0 Å². The Bertz CT molecular complexity index is 820. The minimum absolute atomic E-state index is 0.0511. The molecule has 3 rings (SSSR count). The summed E-state index contributed by atoms with van der Waals surface area (Å²) in [5, 5.41) is 20.4. The summed E-state index contributed by atoms with van der Waals surface area (Å²) in [5.41, 5.74) is 0.635. The summed E-state index contributed by atoms with van der Waals surface area (Å²) < 4.78 is 20.7. The fourth-order valence-electron chi connectivity index (χ4n) is 2.87. The molecule has 0 amide bonds. The van der Waals surface area contributed by atoms with Gasteiger partial charge in [-0.05, 0) is 36.4 Å². The Balaban J connectivity index is 1.51. The average molecular weight is 402 g/mol. The number of ether oxygens (including phenoxy) is 4. The third-order valence-electron chi connectivity index (χ3n) is 4.51. The molecule has 1 fully saturated rings. The Morgan fingerprint density at radius 3 is 2.31 bits per heavy atom. The predicted octanol–water partition coefficient (Wildman–Crippen LogP) is 1.55. The lowest BCUT2D eigenvalue weighted by Gasteiger charge is -2.36. The van der Waals surface area contributed by atoms with Crippen LogP contribution in [0.15, 0.2) is 54.6 Å². The average Bonchev–Trinajstić information content (AvgIpc) is 2.75. The number of carbonyl (C=O) groups excluding carboxylic acids is 2. The van der Waals surface area contributed by atoms with E-state index in [9.17, 15) is 19.8 Å². The van der Waals surface area contributed by atoms with Crippen LogP contribution in [-0.4, -0.2) is 60.5 Å². The number of esters is 2. The Kier molecular flexibility index (Phi) is 6.82. The van der Waals surface area contributed by atoms with Crippen LogP contribution in [0.25, 0.3) is 0 Å². The topological polar surface area (TPSA) is 112 Å². The van der Waals surface area contributed by atoms with Crippen molar-refractivity contribution in [1.82, 2.24) is 0 Å². The Morgan fingerprint density at radius 2 is 1.66 bits per heavy atom. The van der Waals surface area contributed by atoms with Crippen LogP contribution < -0.4 is 4.74 Å². The molecule has 0 radical (unpaired) electrons. The number of hydrogen-bond acceptors (Lipinski definition) is 8. The number of aliphatic hydroxyl groups is 2. The van der Waals surface area contributed by atoms with Crippen LogP contribution in [0.1, 0.15) is 27.1 Å². The highest BCUT2D eigenvalue weighted by Crippen LogP contribution is 2.23. The van der Waals surface area contributed by atoms with Crippen molar-refractivity contribution in [3.8, 4) is 5.75 Å². The molecule has 0 spiro atoms. The summed E-state index contributed by atoms with van der Waals surface area (Å²) >= 11 is 0. The number of benzene rings is 2. The lowest BCUT2D eigenvalue weighted by molar-refractivity contribution is -0.250. The van der Waals surface area contributed by atoms with Gasteiger partial charge in [0.05, 0.1) is 24.3 Å². The molecule has 1 heterocycles. The van der Waals surface area contributed by atoms with E-state index in [2.05, 4.69) is 0 Å². The van der Waals surface area contributed by atoms with Crippen LogP contribution in [0.4, 0.5) is 0 Å². The lowest BCUT2D eigenvalue weighted by atomic mass is 10.0. The normalized spacial score (nSPS) is 23.8. The molecule has 0 bridgehead atoms. The van der Waals surface area contributed by atoms with E-state index in [1.54, 1.807) is 54.6 Å². The monoisotopic (exact) mass is 402 g/mol. The second kappa shape index (κ2) is 9.51. The first-order valence-corrected chi connectivity index (χ1v) is 9.06. The first-order chi connectivity index (χ1) is 14.0. The summed E-state index contributed by atoms with van der Waals surface area (Å²) in [6.45, 7) is -0.261. The van der Waals surface area contributed by atoms with Gasteiger partial charge in [-0.2, -0.15) is 0 Å². The molecule has 1 aliphatic rings. The number of rotatable bonds is 6. The standard InChI is InChI=1S/C21H22O8/c1-26-15-9-7-14(8-10-15)19(23)27-12-18-16(22)11-17(21(25)29-18)28-20(24)13-5-3-2-4-6-13/h2-10,16-18,21-22,25H,11-12H2,1H3/t16-,17+,18+,21+/m0/s1.